The number of carbonyl (C=O) groups excluding carboxylic acids is 1. The van der Waals surface area contributed by atoms with Crippen LogP contribution in [0, 0.1) is 0 Å². The highest BCUT2D eigenvalue weighted by molar-refractivity contribution is 6.04. The van der Waals surface area contributed by atoms with Crippen LogP contribution in [0.1, 0.15) is 42.3 Å². The first-order chi connectivity index (χ1) is 15.5. The summed E-state index contributed by atoms with van der Waals surface area (Å²) in [4.78, 5) is 19.2. The summed E-state index contributed by atoms with van der Waals surface area (Å²) in [5, 5.41) is 2.94. The lowest BCUT2D eigenvalue weighted by molar-refractivity contribution is 0.102. The van der Waals surface area contributed by atoms with E-state index in [1.807, 2.05) is 36.4 Å². The number of carbonyl (C=O) groups is 1. The number of nitrogens with zero attached hydrogens (tertiary/aromatic N) is 2. The summed E-state index contributed by atoms with van der Waals surface area (Å²) in [7, 11) is 1.59. The number of ether oxygens (including phenoxy) is 2. The number of pyridine rings is 1. The lowest BCUT2D eigenvalue weighted by Gasteiger charge is -2.24. The third-order valence-corrected chi connectivity index (χ3v) is 5.28. The number of nitrogens with one attached hydrogen (secondary N) is 1. The van der Waals surface area contributed by atoms with Gasteiger partial charge in [-0.1, -0.05) is 25.1 Å². The van der Waals surface area contributed by atoms with Gasteiger partial charge in [0.15, 0.2) is 11.5 Å². The number of rotatable bonds is 10. The standard InChI is InChI=1S/C26H31N3O3/c1-5-29(19(2)3)17-20-8-10-22(11-9-20)26(30)28-23-12-13-24(31-4)25(15-23)32-18-21-7-6-14-27-16-21/h6-16,19H,5,17-18H2,1-4H3,(H,28,30). The monoisotopic (exact) mass is 433 g/mol. The number of benzene rings is 2. The Morgan fingerprint density at radius 2 is 1.84 bits per heavy atom. The Morgan fingerprint density at radius 1 is 1.06 bits per heavy atom. The lowest BCUT2D eigenvalue weighted by Crippen LogP contribution is -2.29. The summed E-state index contributed by atoms with van der Waals surface area (Å²) < 4.78 is 11.3. The molecule has 1 amide bonds. The summed E-state index contributed by atoms with van der Waals surface area (Å²) in [5.74, 6) is 0.982. The van der Waals surface area contributed by atoms with E-state index in [1.54, 1.807) is 37.7 Å². The van der Waals surface area contributed by atoms with Gasteiger partial charge in [-0.05, 0) is 56.3 Å². The maximum atomic E-state index is 12.8. The van der Waals surface area contributed by atoms with Crippen molar-refractivity contribution in [2.45, 2.75) is 40.0 Å². The van der Waals surface area contributed by atoms with Crippen molar-refractivity contribution in [2.24, 2.45) is 0 Å². The zero-order valence-electron chi connectivity index (χ0n) is 19.2. The molecule has 168 valence electrons. The number of amides is 1. The second kappa shape index (κ2) is 11.3. The number of methoxy groups -OCH3 is 1. The molecule has 3 rings (SSSR count). The molecule has 0 saturated carbocycles. The van der Waals surface area contributed by atoms with Crippen LogP contribution >= 0.6 is 0 Å². The highest BCUT2D eigenvalue weighted by Crippen LogP contribution is 2.31. The predicted octanol–water partition coefficient (Wildman–Crippen LogP) is 5.15. The van der Waals surface area contributed by atoms with Crippen molar-refractivity contribution in [3.05, 3.63) is 83.7 Å². The number of hydrogen-bond donors (Lipinski definition) is 1. The van der Waals surface area contributed by atoms with Gasteiger partial charge >= 0.3 is 0 Å². The Hall–Kier alpha value is -3.38. The third kappa shape index (κ3) is 6.31. The van der Waals surface area contributed by atoms with E-state index in [2.05, 4.69) is 36.0 Å². The topological polar surface area (TPSA) is 63.7 Å². The second-order valence-electron chi connectivity index (χ2n) is 7.82. The van der Waals surface area contributed by atoms with E-state index < -0.39 is 0 Å². The molecule has 0 aliphatic rings. The van der Waals surface area contributed by atoms with Crippen LogP contribution in [0.2, 0.25) is 0 Å². The summed E-state index contributed by atoms with van der Waals surface area (Å²) in [6.45, 7) is 8.75. The highest BCUT2D eigenvalue weighted by Gasteiger charge is 2.12. The molecular weight excluding hydrogens is 402 g/mol. The molecule has 0 spiro atoms. The average Bonchev–Trinajstić information content (AvgIpc) is 2.82. The highest BCUT2D eigenvalue weighted by atomic mass is 16.5. The second-order valence-corrected chi connectivity index (χ2v) is 7.82. The van der Waals surface area contributed by atoms with E-state index in [0.717, 1.165) is 18.7 Å². The Labute approximate surface area is 190 Å². The van der Waals surface area contributed by atoms with Crippen molar-refractivity contribution in [1.29, 1.82) is 0 Å². The molecule has 1 aromatic heterocycles. The summed E-state index contributed by atoms with van der Waals surface area (Å²) in [6.07, 6.45) is 3.47. The quantitative estimate of drug-likeness (QED) is 0.479. The molecule has 0 unspecified atom stereocenters. The molecule has 0 aliphatic carbocycles. The van der Waals surface area contributed by atoms with Crippen LogP contribution in [0.3, 0.4) is 0 Å². The van der Waals surface area contributed by atoms with Gasteiger partial charge in [-0.2, -0.15) is 0 Å². The van der Waals surface area contributed by atoms with E-state index >= 15 is 0 Å². The fourth-order valence-corrected chi connectivity index (χ4v) is 3.37. The van der Waals surface area contributed by atoms with Crippen molar-refractivity contribution in [3.63, 3.8) is 0 Å². The SMILES string of the molecule is CCN(Cc1ccc(C(=O)Nc2ccc(OC)c(OCc3cccnc3)c2)cc1)C(C)C. The van der Waals surface area contributed by atoms with E-state index in [-0.39, 0.29) is 5.91 Å². The molecule has 3 aromatic rings. The fraction of sp³-hybridized carbons (Fsp3) is 0.308. The number of anilines is 1. The van der Waals surface area contributed by atoms with Gasteiger partial charge in [0.1, 0.15) is 6.61 Å². The summed E-state index contributed by atoms with van der Waals surface area (Å²) in [6, 6.07) is 17.4. The van der Waals surface area contributed by atoms with Gasteiger partial charge in [0, 0.05) is 47.9 Å². The molecule has 1 N–H and O–H groups in total. The van der Waals surface area contributed by atoms with Crippen LogP contribution in [0.5, 0.6) is 11.5 Å². The van der Waals surface area contributed by atoms with Crippen molar-refractivity contribution in [2.75, 3.05) is 19.0 Å². The van der Waals surface area contributed by atoms with Crippen molar-refractivity contribution < 1.29 is 14.3 Å². The number of aromatic nitrogens is 1. The Balaban J connectivity index is 1.66. The normalized spacial score (nSPS) is 10.9. The predicted molar refractivity (Wildman–Crippen MR) is 127 cm³/mol. The molecule has 0 saturated heterocycles. The van der Waals surface area contributed by atoms with Crippen LogP contribution in [-0.2, 0) is 13.2 Å². The molecular formula is C26H31N3O3. The van der Waals surface area contributed by atoms with Crippen molar-refractivity contribution in [1.82, 2.24) is 9.88 Å². The van der Waals surface area contributed by atoms with Crippen LogP contribution in [0.15, 0.2) is 67.0 Å². The van der Waals surface area contributed by atoms with Gasteiger partial charge in [-0.3, -0.25) is 14.7 Å². The van der Waals surface area contributed by atoms with Gasteiger partial charge < -0.3 is 14.8 Å². The molecule has 0 bridgehead atoms. The minimum Gasteiger partial charge on any atom is -0.493 e. The van der Waals surface area contributed by atoms with Gasteiger partial charge in [-0.25, -0.2) is 0 Å². The molecule has 0 aliphatic heterocycles. The Kier molecular flexibility index (Phi) is 8.22. The van der Waals surface area contributed by atoms with Crippen LogP contribution in [0.25, 0.3) is 0 Å². The van der Waals surface area contributed by atoms with Gasteiger partial charge in [0.25, 0.3) is 5.91 Å². The number of hydrogen-bond acceptors (Lipinski definition) is 5. The largest absolute Gasteiger partial charge is 0.493 e. The molecule has 32 heavy (non-hydrogen) atoms. The Morgan fingerprint density at radius 3 is 2.47 bits per heavy atom. The first-order valence-electron chi connectivity index (χ1n) is 10.8. The zero-order chi connectivity index (χ0) is 22.9. The van der Waals surface area contributed by atoms with Gasteiger partial charge in [0.2, 0.25) is 0 Å². The minimum atomic E-state index is -0.170. The van der Waals surface area contributed by atoms with Gasteiger partial charge in [-0.15, -0.1) is 0 Å². The molecule has 1 heterocycles. The van der Waals surface area contributed by atoms with Gasteiger partial charge in [0.05, 0.1) is 7.11 Å². The van der Waals surface area contributed by atoms with Crippen LogP contribution in [0.4, 0.5) is 5.69 Å². The molecule has 6 heteroatoms. The lowest BCUT2D eigenvalue weighted by atomic mass is 10.1. The van der Waals surface area contributed by atoms with Crippen LogP contribution < -0.4 is 14.8 Å². The first kappa shape index (κ1) is 23.3. The van der Waals surface area contributed by atoms with E-state index in [4.69, 9.17) is 9.47 Å². The maximum absolute atomic E-state index is 12.8. The fourth-order valence-electron chi connectivity index (χ4n) is 3.37. The van der Waals surface area contributed by atoms with E-state index in [9.17, 15) is 4.79 Å². The van der Waals surface area contributed by atoms with Crippen molar-refractivity contribution in [3.8, 4) is 11.5 Å². The average molecular weight is 434 g/mol. The third-order valence-electron chi connectivity index (χ3n) is 5.28. The zero-order valence-corrected chi connectivity index (χ0v) is 19.2. The minimum absolute atomic E-state index is 0.170. The molecule has 0 fully saturated rings. The molecule has 0 radical (unpaired) electrons. The van der Waals surface area contributed by atoms with E-state index in [0.29, 0.717) is 35.4 Å². The maximum Gasteiger partial charge on any atom is 0.255 e. The first-order valence-corrected chi connectivity index (χ1v) is 10.8. The summed E-state index contributed by atoms with van der Waals surface area (Å²) in [5.41, 5.74) is 3.38. The van der Waals surface area contributed by atoms with Crippen molar-refractivity contribution >= 4 is 11.6 Å². The molecule has 2 aromatic carbocycles. The summed E-state index contributed by atoms with van der Waals surface area (Å²) >= 11 is 0. The molecule has 6 nitrogen and oxygen atoms in total. The van der Waals surface area contributed by atoms with E-state index in [1.165, 1.54) is 5.56 Å². The molecule has 0 atom stereocenters. The smallest absolute Gasteiger partial charge is 0.255 e. The Bertz CT molecular complexity index is 1000. The van der Waals surface area contributed by atoms with Crippen LogP contribution in [-0.4, -0.2) is 35.5 Å².